The summed E-state index contributed by atoms with van der Waals surface area (Å²) < 4.78 is 5.24. The molecule has 0 spiro atoms. The Balaban J connectivity index is 2.03. The highest BCUT2D eigenvalue weighted by atomic mass is 16.5. The number of aromatic nitrogens is 1. The Morgan fingerprint density at radius 3 is 2.94 bits per heavy atom. The molecule has 0 saturated carbocycles. The van der Waals surface area contributed by atoms with Crippen molar-refractivity contribution in [1.82, 2.24) is 10.1 Å². The van der Waals surface area contributed by atoms with Crippen molar-refractivity contribution in [2.75, 3.05) is 13.1 Å². The highest BCUT2D eigenvalue weighted by molar-refractivity contribution is 5.22. The molecule has 2 heterocycles. The van der Waals surface area contributed by atoms with E-state index in [1.165, 1.54) is 5.56 Å². The highest BCUT2D eigenvalue weighted by Gasteiger charge is 2.25. The Morgan fingerprint density at radius 1 is 1.53 bits per heavy atom. The smallest absolute Gasteiger partial charge is 0.138 e. The first-order valence-electron chi connectivity index (χ1n) is 6.46. The fourth-order valence-corrected chi connectivity index (χ4v) is 2.40. The summed E-state index contributed by atoms with van der Waals surface area (Å²) >= 11 is 0. The maximum absolute atomic E-state index is 9.89. The second-order valence-electron chi connectivity index (χ2n) is 5.09. The molecule has 1 N–H and O–H groups in total. The van der Waals surface area contributed by atoms with E-state index in [-0.39, 0.29) is 6.10 Å². The van der Waals surface area contributed by atoms with E-state index in [0.717, 1.165) is 43.9 Å². The van der Waals surface area contributed by atoms with Crippen LogP contribution >= 0.6 is 0 Å². The molecule has 1 aromatic rings. The van der Waals surface area contributed by atoms with Crippen LogP contribution in [0.4, 0.5) is 0 Å². The van der Waals surface area contributed by atoms with Gasteiger partial charge in [-0.2, -0.15) is 0 Å². The maximum atomic E-state index is 9.89. The van der Waals surface area contributed by atoms with Crippen LogP contribution in [-0.2, 0) is 13.0 Å². The Bertz CT molecular complexity index is 375. The zero-order valence-electron chi connectivity index (χ0n) is 10.9. The lowest BCUT2D eigenvalue weighted by Gasteiger charge is -2.34. The van der Waals surface area contributed by atoms with Crippen molar-refractivity contribution in [2.24, 2.45) is 5.92 Å². The standard InChI is InChI=1S/C13H22N2O2/c1-4-12-11(10(3)17-14-12)7-15-6-5-9(2)13(16)8-15/h9,13,16H,4-8H2,1-3H3. The van der Waals surface area contributed by atoms with Crippen LogP contribution in [0.1, 0.15) is 37.3 Å². The van der Waals surface area contributed by atoms with Crippen LogP contribution in [0.3, 0.4) is 0 Å². The van der Waals surface area contributed by atoms with Crippen LogP contribution in [0, 0.1) is 12.8 Å². The van der Waals surface area contributed by atoms with Gasteiger partial charge >= 0.3 is 0 Å². The van der Waals surface area contributed by atoms with Crippen molar-refractivity contribution in [1.29, 1.82) is 0 Å². The topological polar surface area (TPSA) is 49.5 Å². The molecule has 2 atom stereocenters. The molecule has 0 aliphatic carbocycles. The van der Waals surface area contributed by atoms with E-state index in [9.17, 15) is 5.11 Å². The van der Waals surface area contributed by atoms with Gasteiger partial charge in [-0.15, -0.1) is 0 Å². The van der Waals surface area contributed by atoms with Gasteiger partial charge in [-0.25, -0.2) is 0 Å². The molecule has 0 radical (unpaired) electrons. The monoisotopic (exact) mass is 238 g/mol. The third-order valence-corrected chi connectivity index (χ3v) is 3.79. The first-order valence-corrected chi connectivity index (χ1v) is 6.46. The van der Waals surface area contributed by atoms with Crippen LogP contribution in [0.5, 0.6) is 0 Å². The van der Waals surface area contributed by atoms with Gasteiger partial charge in [0.25, 0.3) is 0 Å². The fraction of sp³-hybridized carbons (Fsp3) is 0.769. The van der Waals surface area contributed by atoms with Gasteiger partial charge in [0.2, 0.25) is 0 Å². The van der Waals surface area contributed by atoms with Crippen molar-refractivity contribution < 1.29 is 9.63 Å². The minimum absolute atomic E-state index is 0.200. The zero-order valence-corrected chi connectivity index (χ0v) is 10.9. The number of rotatable bonds is 3. The Morgan fingerprint density at radius 2 is 2.29 bits per heavy atom. The second-order valence-corrected chi connectivity index (χ2v) is 5.09. The largest absolute Gasteiger partial charge is 0.392 e. The van der Waals surface area contributed by atoms with Gasteiger partial charge in [0, 0.05) is 18.7 Å². The van der Waals surface area contributed by atoms with E-state index in [2.05, 4.69) is 23.9 Å². The molecular formula is C13H22N2O2. The van der Waals surface area contributed by atoms with E-state index in [1.54, 1.807) is 0 Å². The SMILES string of the molecule is CCc1noc(C)c1CN1CCC(C)C(O)C1. The molecule has 4 heteroatoms. The van der Waals surface area contributed by atoms with Gasteiger partial charge in [0.15, 0.2) is 0 Å². The Kier molecular flexibility index (Phi) is 3.84. The predicted octanol–water partition coefficient (Wildman–Crippen LogP) is 1.75. The van der Waals surface area contributed by atoms with Crippen molar-refractivity contribution in [2.45, 2.75) is 46.3 Å². The van der Waals surface area contributed by atoms with Crippen molar-refractivity contribution in [3.05, 3.63) is 17.0 Å². The van der Waals surface area contributed by atoms with Crippen LogP contribution in [-0.4, -0.2) is 34.4 Å². The van der Waals surface area contributed by atoms with E-state index in [0.29, 0.717) is 5.92 Å². The van der Waals surface area contributed by atoms with E-state index in [4.69, 9.17) is 4.52 Å². The van der Waals surface area contributed by atoms with Crippen molar-refractivity contribution in [3.63, 3.8) is 0 Å². The summed E-state index contributed by atoms with van der Waals surface area (Å²) in [5.74, 6) is 1.33. The van der Waals surface area contributed by atoms with E-state index < -0.39 is 0 Å². The number of hydrogen-bond acceptors (Lipinski definition) is 4. The van der Waals surface area contributed by atoms with Gasteiger partial charge in [-0.05, 0) is 32.2 Å². The summed E-state index contributed by atoms with van der Waals surface area (Å²) in [7, 11) is 0. The van der Waals surface area contributed by atoms with Crippen LogP contribution < -0.4 is 0 Å². The zero-order chi connectivity index (χ0) is 12.4. The van der Waals surface area contributed by atoms with Crippen LogP contribution in [0.15, 0.2) is 4.52 Å². The summed E-state index contributed by atoms with van der Waals surface area (Å²) in [6.07, 6.45) is 1.76. The fourth-order valence-electron chi connectivity index (χ4n) is 2.40. The molecular weight excluding hydrogens is 216 g/mol. The number of β-amino-alcohol motifs (C(OH)–C–C–N with tert-alkyl or cyclic N) is 1. The van der Waals surface area contributed by atoms with Crippen LogP contribution in [0.25, 0.3) is 0 Å². The van der Waals surface area contributed by atoms with Gasteiger partial charge in [-0.1, -0.05) is 19.0 Å². The summed E-state index contributed by atoms with van der Waals surface area (Å²) in [5, 5.41) is 14.0. The molecule has 96 valence electrons. The Labute approximate surface area is 103 Å². The number of aliphatic hydroxyl groups excluding tert-OH is 1. The number of nitrogens with zero attached hydrogens (tertiary/aromatic N) is 2. The minimum Gasteiger partial charge on any atom is -0.392 e. The molecule has 1 saturated heterocycles. The second kappa shape index (κ2) is 5.19. The van der Waals surface area contributed by atoms with Gasteiger partial charge < -0.3 is 9.63 Å². The number of aliphatic hydroxyl groups is 1. The molecule has 1 aliphatic rings. The lowest BCUT2D eigenvalue weighted by Crippen LogP contribution is -2.42. The minimum atomic E-state index is -0.200. The summed E-state index contributed by atoms with van der Waals surface area (Å²) in [6.45, 7) is 8.83. The molecule has 1 fully saturated rings. The third kappa shape index (κ3) is 2.69. The summed E-state index contributed by atoms with van der Waals surface area (Å²) in [5.41, 5.74) is 2.25. The number of likely N-dealkylation sites (tertiary alicyclic amines) is 1. The molecule has 2 unspecified atom stereocenters. The van der Waals surface area contributed by atoms with E-state index >= 15 is 0 Å². The van der Waals surface area contributed by atoms with Crippen molar-refractivity contribution in [3.8, 4) is 0 Å². The highest BCUT2D eigenvalue weighted by Crippen LogP contribution is 2.22. The lowest BCUT2D eigenvalue weighted by atomic mass is 9.95. The van der Waals surface area contributed by atoms with Crippen LogP contribution in [0.2, 0.25) is 0 Å². The van der Waals surface area contributed by atoms with Gasteiger partial charge in [0.05, 0.1) is 11.8 Å². The normalized spacial score (nSPS) is 26.4. The molecule has 4 nitrogen and oxygen atoms in total. The maximum Gasteiger partial charge on any atom is 0.138 e. The molecule has 2 rings (SSSR count). The van der Waals surface area contributed by atoms with Gasteiger partial charge in [-0.3, -0.25) is 4.90 Å². The molecule has 0 aromatic carbocycles. The number of piperidine rings is 1. The molecule has 1 aliphatic heterocycles. The molecule has 17 heavy (non-hydrogen) atoms. The van der Waals surface area contributed by atoms with Gasteiger partial charge in [0.1, 0.15) is 5.76 Å². The summed E-state index contributed by atoms with van der Waals surface area (Å²) in [6, 6.07) is 0. The number of hydrogen-bond donors (Lipinski definition) is 1. The average Bonchev–Trinajstić information content (AvgIpc) is 2.65. The summed E-state index contributed by atoms with van der Waals surface area (Å²) in [4.78, 5) is 2.30. The third-order valence-electron chi connectivity index (χ3n) is 3.79. The lowest BCUT2D eigenvalue weighted by molar-refractivity contribution is 0.0256. The van der Waals surface area contributed by atoms with E-state index in [1.807, 2.05) is 6.92 Å². The Hall–Kier alpha value is -0.870. The predicted molar refractivity (Wildman–Crippen MR) is 65.7 cm³/mol. The quantitative estimate of drug-likeness (QED) is 0.871. The first kappa shape index (κ1) is 12.6. The first-order chi connectivity index (χ1) is 8.11. The number of aryl methyl sites for hydroxylation is 2. The average molecular weight is 238 g/mol. The molecule has 1 aromatic heterocycles. The molecule has 0 bridgehead atoms. The van der Waals surface area contributed by atoms with Crippen molar-refractivity contribution >= 4 is 0 Å². The molecule has 0 amide bonds.